The van der Waals surface area contributed by atoms with Crippen LogP contribution < -0.4 is 0 Å². The molecule has 0 N–H and O–H groups in total. The van der Waals surface area contributed by atoms with Gasteiger partial charge in [0, 0.05) is 19.4 Å². The Kier molecular flexibility index (Phi) is 6.12. The lowest BCUT2D eigenvalue weighted by molar-refractivity contribution is -0.146. The number of carbonyl (C=O) groups excluding carboxylic acids is 2. The smallest absolute Gasteiger partial charge is 0.229 e. The molecule has 1 aliphatic rings. The molecule has 0 aromatic rings. The van der Waals surface area contributed by atoms with Crippen molar-refractivity contribution in [2.24, 2.45) is 0 Å². The minimum Gasteiger partial charge on any atom is -0.283 e. The van der Waals surface area contributed by atoms with Crippen LogP contribution in [0.1, 0.15) is 64.7 Å². The molecule has 1 saturated heterocycles. The Hall–Kier alpha value is -0.860. The van der Waals surface area contributed by atoms with Crippen LogP contribution in [0.4, 0.5) is 0 Å². The minimum absolute atomic E-state index is 0.0322. The van der Waals surface area contributed by atoms with Crippen LogP contribution in [0.25, 0.3) is 0 Å². The molecule has 0 radical (unpaired) electrons. The zero-order valence-corrected chi connectivity index (χ0v) is 10.3. The van der Waals surface area contributed by atoms with Gasteiger partial charge in [0.15, 0.2) is 0 Å². The van der Waals surface area contributed by atoms with Crippen molar-refractivity contribution in [3.05, 3.63) is 0 Å². The third-order valence-electron chi connectivity index (χ3n) is 3.12. The monoisotopic (exact) mass is 225 g/mol. The summed E-state index contributed by atoms with van der Waals surface area (Å²) in [4.78, 5) is 24.7. The van der Waals surface area contributed by atoms with E-state index in [1.165, 1.54) is 24.2 Å². The zero-order valence-electron chi connectivity index (χ0n) is 10.3. The number of piperidine rings is 1. The minimum atomic E-state index is 0.0322. The van der Waals surface area contributed by atoms with Crippen molar-refractivity contribution in [2.45, 2.75) is 64.7 Å². The average Bonchev–Trinajstić information content (AvgIpc) is 2.29. The molecule has 3 nitrogen and oxygen atoms in total. The van der Waals surface area contributed by atoms with Gasteiger partial charge in [0.2, 0.25) is 11.8 Å². The van der Waals surface area contributed by atoms with Gasteiger partial charge in [-0.15, -0.1) is 0 Å². The number of amides is 2. The molecule has 3 heteroatoms. The van der Waals surface area contributed by atoms with Crippen LogP contribution in [0, 0.1) is 0 Å². The van der Waals surface area contributed by atoms with Gasteiger partial charge < -0.3 is 0 Å². The highest BCUT2D eigenvalue weighted by Gasteiger charge is 2.23. The maximum atomic E-state index is 11.7. The standard InChI is InChI=1S/C13H23NO2/c1-2-3-4-5-6-9-12(15)14-11-8-7-10-13(14)16/h2-11H2,1H3. The number of nitrogens with zero attached hydrogens (tertiary/aromatic N) is 1. The maximum Gasteiger partial charge on any atom is 0.229 e. The zero-order chi connectivity index (χ0) is 11.8. The summed E-state index contributed by atoms with van der Waals surface area (Å²) < 4.78 is 0. The van der Waals surface area contributed by atoms with Crippen LogP contribution in [-0.4, -0.2) is 23.3 Å². The van der Waals surface area contributed by atoms with Crippen molar-refractivity contribution in [3.63, 3.8) is 0 Å². The fourth-order valence-electron chi connectivity index (χ4n) is 2.08. The Balaban J connectivity index is 2.16. The second-order valence-corrected chi connectivity index (χ2v) is 4.56. The van der Waals surface area contributed by atoms with E-state index in [1.807, 2.05) is 0 Å². The SMILES string of the molecule is CCCCCCCC(=O)N1CCCCC1=O. The average molecular weight is 225 g/mol. The number of hydrogen-bond donors (Lipinski definition) is 0. The first kappa shape index (κ1) is 13.2. The molecule has 0 aliphatic carbocycles. The molecule has 0 aromatic heterocycles. The van der Waals surface area contributed by atoms with E-state index in [0.29, 0.717) is 19.4 Å². The molecule has 0 spiro atoms. The lowest BCUT2D eigenvalue weighted by atomic mass is 10.1. The fourth-order valence-corrected chi connectivity index (χ4v) is 2.08. The predicted octanol–water partition coefficient (Wildman–Crippen LogP) is 2.89. The summed E-state index contributed by atoms with van der Waals surface area (Å²) in [6.45, 7) is 2.82. The molecule has 92 valence electrons. The molecule has 0 aromatic carbocycles. The predicted molar refractivity (Wildman–Crippen MR) is 63.9 cm³/mol. The van der Waals surface area contributed by atoms with Gasteiger partial charge in [-0.05, 0) is 19.3 Å². The molecule has 0 bridgehead atoms. The van der Waals surface area contributed by atoms with Crippen LogP contribution in [0.15, 0.2) is 0 Å². The molecule has 1 rings (SSSR count). The highest BCUT2D eigenvalue weighted by Crippen LogP contribution is 2.13. The highest BCUT2D eigenvalue weighted by molar-refractivity contribution is 5.95. The Bertz CT molecular complexity index is 238. The maximum absolute atomic E-state index is 11.7. The molecular formula is C13H23NO2. The number of unbranched alkanes of at least 4 members (excludes halogenated alkanes) is 4. The summed E-state index contributed by atoms with van der Waals surface area (Å²) in [5.74, 6) is 0.0750. The van der Waals surface area contributed by atoms with Crippen LogP contribution in [0.3, 0.4) is 0 Å². The van der Waals surface area contributed by atoms with Crippen LogP contribution >= 0.6 is 0 Å². The van der Waals surface area contributed by atoms with E-state index >= 15 is 0 Å². The van der Waals surface area contributed by atoms with E-state index in [-0.39, 0.29) is 11.8 Å². The second-order valence-electron chi connectivity index (χ2n) is 4.56. The lowest BCUT2D eigenvalue weighted by Gasteiger charge is -2.24. The van der Waals surface area contributed by atoms with Crippen molar-refractivity contribution in [1.82, 2.24) is 4.90 Å². The second kappa shape index (κ2) is 7.42. The molecule has 2 amide bonds. The Morgan fingerprint density at radius 3 is 2.62 bits per heavy atom. The Morgan fingerprint density at radius 1 is 1.19 bits per heavy atom. The van der Waals surface area contributed by atoms with Gasteiger partial charge >= 0.3 is 0 Å². The summed E-state index contributed by atoms with van der Waals surface area (Å²) in [6, 6.07) is 0. The van der Waals surface area contributed by atoms with Gasteiger partial charge in [0.25, 0.3) is 0 Å². The van der Waals surface area contributed by atoms with Crippen molar-refractivity contribution in [1.29, 1.82) is 0 Å². The first-order valence-corrected chi connectivity index (χ1v) is 6.59. The number of hydrogen-bond acceptors (Lipinski definition) is 2. The molecular weight excluding hydrogens is 202 g/mol. The van der Waals surface area contributed by atoms with E-state index in [1.54, 1.807) is 0 Å². The molecule has 1 heterocycles. The normalized spacial score (nSPS) is 16.6. The summed E-state index contributed by atoms with van der Waals surface area (Å²) in [7, 11) is 0. The van der Waals surface area contributed by atoms with Crippen molar-refractivity contribution < 1.29 is 9.59 Å². The number of rotatable bonds is 6. The number of imide groups is 1. The van der Waals surface area contributed by atoms with Gasteiger partial charge in [-0.2, -0.15) is 0 Å². The Labute approximate surface area is 98.2 Å². The topological polar surface area (TPSA) is 37.4 Å². The molecule has 1 aliphatic heterocycles. The van der Waals surface area contributed by atoms with Gasteiger partial charge in [-0.1, -0.05) is 32.6 Å². The van der Waals surface area contributed by atoms with Gasteiger partial charge in [0.05, 0.1) is 0 Å². The summed E-state index contributed by atoms with van der Waals surface area (Å²) in [5.41, 5.74) is 0. The van der Waals surface area contributed by atoms with Crippen molar-refractivity contribution in [3.8, 4) is 0 Å². The van der Waals surface area contributed by atoms with E-state index in [2.05, 4.69) is 6.92 Å². The third kappa shape index (κ3) is 4.33. The van der Waals surface area contributed by atoms with Crippen LogP contribution in [-0.2, 0) is 9.59 Å². The van der Waals surface area contributed by atoms with Crippen molar-refractivity contribution >= 4 is 11.8 Å². The third-order valence-corrected chi connectivity index (χ3v) is 3.12. The largest absolute Gasteiger partial charge is 0.283 e. The summed E-state index contributed by atoms with van der Waals surface area (Å²) >= 11 is 0. The van der Waals surface area contributed by atoms with E-state index in [4.69, 9.17) is 0 Å². The first-order chi connectivity index (χ1) is 7.75. The quantitative estimate of drug-likeness (QED) is 0.652. The fraction of sp³-hybridized carbons (Fsp3) is 0.846. The lowest BCUT2D eigenvalue weighted by Crippen LogP contribution is -2.40. The first-order valence-electron chi connectivity index (χ1n) is 6.59. The van der Waals surface area contributed by atoms with Crippen LogP contribution in [0.2, 0.25) is 0 Å². The molecule has 16 heavy (non-hydrogen) atoms. The molecule has 1 fully saturated rings. The molecule has 0 atom stereocenters. The van der Waals surface area contributed by atoms with Crippen LogP contribution in [0.5, 0.6) is 0 Å². The van der Waals surface area contributed by atoms with Gasteiger partial charge in [0.1, 0.15) is 0 Å². The highest BCUT2D eigenvalue weighted by atomic mass is 16.2. The number of likely N-dealkylation sites (tertiary alicyclic amines) is 1. The number of carbonyl (C=O) groups is 2. The summed E-state index contributed by atoms with van der Waals surface area (Å²) in [5, 5.41) is 0. The van der Waals surface area contributed by atoms with Crippen molar-refractivity contribution in [2.75, 3.05) is 6.54 Å². The van der Waals surface area contributed by atoms with Gasteiger partial charge in [-0.3, -0.25) is 14.5 Å². The van der Waals surface area contributed by atoms with E-state index < -0.39 is 0 Å². The summed E-state index contributed by atoms with van der Waals surface area (Å²) in [6.07, 6.45) is 8.75. The van der Waals surface area contributed by atoms with E-state index in [9.17, 15) is 9.59 Å². The van der Waals surface area contributed by atoms with E-state index in [0.717, 1.165) is 25.7 Å². The van der Waals surface area contributed by atoms with Gasteiger partial charge in [-0.25, -0.2) is 0 Å². The molecule has 0 saturated carbocycles. The Morgan fingerprint density at radius 2 is 1.94 bits per heavy atom. The molecule has 0 unspecified atom stereocenters.